The largest absolute Gasteiger partial charge is 0.355 e. The van der Waals surface area contributed by atoms with Gasteiger partial charge in [0.25, 0.3) is 0 Å². The van der Waals surface area contributed by atoms with E-state index in [0.717, 1.165) is 61.9 Å². The lowest BCUT2D eigenvalue weighted by atomic mass is 10.2. The van der Waals surface area contributed by atoms with Crippen molar-refractivity contribution in [1.29, 1.82) is 0 Å². The van der Waals surface area contributed by atoms with Crippen LogP contribution in [0.25, 0.3) is 11.4 Å². The van der Waals surface area contributed by atoms with Crippen molar-refractivity contribution >= 4 is 17.4 Å². The molecule has 4 nitrogen and oxygen atoms in total. The maximum absolute atomic E-state index is 6.10. The summed E-state index contributed by atoms with van der Waals surface area (Å²) in [5.74, 6) is 1.78. The SMILES string of the molecule is CCc1cc(N2CCCNCC2)nc(-c2cccc(Cl)c2)n1. The average molecular weight is 317 g/mol. The standard InChI is InChI=1S/C17H21ClN4/c1-2-15-12-16(22-9-4-7-19-8-10-22)21-17(20-15)13-5-3-6-14(18)11-13/h3,5-6,11-12,19H,2,4,7-10H2,1H3. The Labute approximate surface area is 136 Å². The number of hydrogen-bond donors (Lipinski definition) is 1. The van der Waals surface area contributed by atoms with Crippen LogP contribution in [0.15, 0.2) is 30.3 Å². The van der Waals surface area contributed by atoms with Gasteiger partial charge in [-0.15, -0.1) is 0 Å². The minimum absolute atomic E-state index is 0.712. The lowest BCUT2D eigenvalue weighted by Gasteiger charge is -2.22. The highest BCUT2D eigenvalue weighted by Crippen LogP contribution is 2.23. The van der Waals surface area contributed by atoms with E-state index in [1.807, 2.05) is 24.3 Å². The molecule has 2 aromatic rings. The number of hydrogen-bond acceptors (Lipinski definition) is 4. The van der Waals surface area contributed by atoms with E-state index in [2.05, 4.69) is 28.2 Å². The van der Waals surface area contributed by atoms with Crippen LogP contribution in [0.5, 0.6) is 0 Å². The predicted molar refractivity (Wildman–Crippen MR) is 91.6 cm³/mol. The van der Waals surface area contributed by atoms with Crippen molar-refractivity contribution in [1.82, 2.24) is 15.3 Å². The van der Waals surface area contributed by atoms with Gasteiger partial charge in [-0.3, -0.25) is 0 Å². The molecule has 0 aliphatic carbocycles. The molecule has 5 heteroatoms. The molecule has 0 atom stereocenters. The summed E-state index contributed by atoms with van der Waals surface area (Å²) in [6.45, 7) is 6.20. The van der Waals surface area contributed by atoms with Gasteiger partial charge in [-0.2, -0.15) is 0 Å². The van der Waals surface area contributed by atoms with E-state index >= 15 is 0 Å². The molecular weight excluding hydrogens is 296 g/mol. The Balaban J connectivity index is 1.98. The summed E-state index contributed by atoms with van der Waals surface area (Å²) in [6.07, 6.45) is 2.03. The van der Waals surface area contributed by atoms with Crippen LogP contribution in [0.1, 0.15) is 19.0 Å². The van der Waals surface area contributed by atoms with Crippen LogP contribution >= 0.6 is 11.6 Å². The molecule has 2 heterocycles. The van der Waals surface area contributed by atoms with E-state index in [0.29, 0.717) is 5.02 Å². The van der Waals surface area contributed by atoms with Crippen LogP contribution in [-0.2, 0) is 6.42 Å². The second-order valence-electron chi connectivity index (χ2n) is 5.50. The highest BCUT2D eigenvalue weighted by molar-refractivity contribution is 6.30. The fourth-order valence-electron chi connectivity index (χ4n) is 2.66. The first-order valence-corrected chi connectivity index (χ1v) is 8.23. The van der Waals surface area contributed by atoms with E-state index < -0.39 is 0 Å². The van der Waals surface area contributed by atoms with Gasteiger partial charge in [0.05, 0.1) is 0 Å². The van der Waals surface area contributed by atoms with Gasteiger partial charge < -0.3 is 10.2 Å². The molecule has 0 saturated carbocycles. The van der Waals surface area contributed by atoms with E-state index in [9.17, 15) is 0 Å². The summed E-state index contributed by atoms with van der Waals surface area (Å²) in [6, 6.07) is 9.85. The van der Waals surface area contributed by atoms with Crippen LogP contribution in [-0.4, -0.2) is 36.1 Å². The zero-order chi connectivity index (χ0) is 15.4. The van der Waals surface area contributed by atoms with Crippen molar-refractivity contribution in [3.05, 3.63) is 41.0 Å². The molecule has 1 aliphatic rings. The van der Waals surface area contributed by atoms with Crippen molar-refractivity contribution in [3.8, 4) is 11.4 Å². The monoisotopic (exact) mass is 316 g/mol. The lowest BCUT2D eigenvalue weighted by Crippen LogP contribution is -2.29. The van der Waals surface area contributed by atoms with Crippen LogP contribution < -0.4 is 10.2 Å². The summed E-state index contributed by atoms with van der Waals surface area (Å²) >= 11 is 6.10. The Morgan fingerprint density at radius 1 is 1.18 bits per heavy atom. The molecule has 1 aromatic heterocycles. The summed E-state index contributed by atoms with van der Waals surface area (Å²) < 4.78 is 0. The lowest BCUT2D eigenvalue weighted by molar-refractivity contribution is 0.724. The van der Waals surface area contributed by atoms with Gasteiger partial charge in [-0.25, -0.2) is 9.97 Å². The Morgan fingerprint density at radius 2 is 2.09 bits per heavy atom. The van der Waals surface area contributed by atoms with Crippen molar-refractivity contribution in [2.24, 2.45) is 0 Å². The Hall–Kier alpha value is -1.65. The molecule has 1 aliphatic heterocycles. The van der Waals surface area contributed by atoms with Gasteiger partial charge in [-0.05, 0) is 31.5 Å². The number of nitrogens with one attached hydrogen (secondary N) is 1. The minimum Gasteiger partial charge on any atom is -0.355 e. The minimum atomic E-state index is 0.712. The van der Waals surface area contributed by atoms with E-state index in [-0.39, 0.29) is 0 Å². The smallest absolute Gasteiger partial charge is 0.161 e. The first kappa shape index (κ1) is 15.3. The zero-order valence-corrected chi connectivity index (χ0v) is 13.6. The Morgan fingerprint density at radius 3 is 2.91 bits per heavy atom. The molecule has 0 unspecified atom stereocenters. The normalized spacial score (nSPS) is 15.6. The van der Waals surface area contributed by atoms with Gasteiger partial charge >= 0.3 is 0 Å². The highest BCUT2D eigenvalue weighted by atomic mass is 35.5. The number of benzene rings is 1. The van der Waals surface area contributed by atoms with Crippen LogP contribution in [0, 0.1) is 0 Å². The van der Waals surface area contributed by atoms with Gasteiger partial charge in [0.15, 0.2) is 5.82 Å². The van der Waals surface area contributed by atoms with Crippen molar-refractivity contribution < 1.29 is 0 Å². The first-order valence-electron chi connectivity index (χ1n) is 7.86. The molecule has 0 amide bonds. The first-order chi connectivity index (χ1) is 10.8. The second kappa shape index (κ2) is 7.07. The Kier molecular flexibility index (Phi) is 4.90. The second-order valence-corrected chi connectivity index (χ2v) is 5.93. The van der Waals surface area contributed by atoms with E-state index in [4.69, 9.17) is 16.6 Å². The maximum atomic E-state index is 6.10. The molecule has 22 heavy (non-hydrogen) atoms. The van der Waals surface area contributed by atoms with Gasteiger partial charge in [0, 0.05) is 42.0 Å². The fraction of sp³-hybridized carbons (Fsp3) is 0.412. The molecule has 1 aromatic carbocycles. The Bertz CT molecular complexity index is 636. The predicted octanol–water partition coefficient (Wildman–Crippen LogP) is 3.16. The summed E-state index contributed by atoms with van der Waals surface area (Å²) in [5.41, 5.74) is 2.04. The molecule has 1 fully saturated rings. The maximum Gasteiger partial charge on any atom is 0.161 e. The van der Waals surface area contributed by atoms with Crippen LogP contribution in [0.4, 0.5) is 5.82 Å². The molecule has 1 N–H and O–H groups in total. The quantitative estimate of drug-likeness (QED) is 0.944. The summed E-state index contributed by atoms with van der Waals surface area (Å²) in [4.78, 5) is 11.8. The summed E-state index contributed by atoms with van der Waals surface area (Å²) in [7, 11) is 0. The van der Waals surface area contributed by atoms with Crippen molar-refractivity contribution in [2.45, 2.75) is 19.8 Å². The number of anilines is 1. The third kappa shape index (κ3) is 3.57. The highest BCUT2D eigenvalue weighted by Gasteiger charge is 2.14. The van der Waals surface area contributed by atoms with Crippen molar-refractivity contribution in [3.63, 3.8) is 0 Å². The number of rotatable bonds is 3. The number of nitrogens with zero attached hydrogens (tertiary/aromatic N) is 3. The van der Waals surface area contributed by atoms with Gasteiger partial charge in [0.2, 0.25) is 0 Å². The number of aryl methyl sites for hydroxylation is 1. The van der Waals surface area contributed by atoms with Gasteiger partial charge in [0.1, 0.15) is 5.82 Å². The molecule has 1 saturated heterocycles. The van der Waals surface area contributed by atoms with Crippen LogP contribution in [0.3, 0.4) is 0 Å². The number of halogens is 1. The average Bonchev–Trinajstić information content (AvgIpc) is 2.83. The third-order valence-corrected chi connectivity index (χ3v) is 4.11. The van der Waals surface area contributed by atoms with Crippen molar-refractivity contribution in [2.75, 3.05) is 31.1 Å². The van der Waals surface area contributed by atoms with E-state index in [1.54, 1.807) is 0 Å². The zero-order valence-electron chi connectivity index (χ0n) is 12.8. The topological polar surface area (TPSA) is 41.0 Å². The molecule has 0 spiro atoms. The third-order valence-electron chi connectivity index (χ3n) is 3.87. The molecule has 0 bridgehead atoms. The molecule has 116 valence electrons. The van der Waals surface area contributed by atoms with Gasteiger partial charge in [-0.1, -0.05) is 30.7 Å². The molecule has 0 radical (unpaired) electrons. The fourth-order valence-corrected chi connectivity index (χ4v) is 2.85. The molecule has 3 rings (SSSR count). The van der Waals surface area contributed by atoms with Crippen LogP contribution in [0.2, 0.25) is 5.02 Å². The molecular formula is C17H21ClN4. The van der Waals surface area contributed by atoms with E-state index in [1.165, 1.54) is 0 Å². The number of aromatic nitrogens is 2. The summed E-state index contributed by atoms with van der Waals surface area (Å²) in [5, 5.41) is 4.14.